The Morgan fingerprint density at radius 1 is 1.00 bits per heavy atom. The second kappa shape index (κ2) is 9.52. The number of hydrogen-bond acceptors (Lipinski definition) is 6. The molecule has 0 bridgehead atoms. The summed E-state index contributed by atoms with van der Waals surface area (Å²) < 4.78 is 29.4. The number of aryl methyl sites for hydroxylation is 1. The van der Waals surface area contributed by atoms with Gasteiger partial charge in [0.15, 0.2) is 11.0 Å². The van der Waals surface area contributed by atoms with Crippen molar-refractivity contribution >= 4 is 33.4 Å². The molecule has 3 aromatic rings. The average molecular weight is 498 g/mol. The van der Waals surface area contributed by atoms with Gasteiger partial charge in [0.25, 0.3) is 0 Å². The van der Waals surface area contributed by atoms with Crippen LogP contribution in [0.25, 0.3) is 11.4 Å². The van der Waals surface area contributed by atoms with Crippen LogP contribution in [0.2, 0.25) is 0 Å². The first-order valence-corrected chi connectivity index (χ1v) is 13.9. The summed E-state index contributed by atoms with van der Waals surface area (Å²) in [5.74, 6) is 0.963. The lowest BCUT2D eigenvalue weighted by Gasteiger charge is -2.30. The Hall–Kier alpha value is -2.69. The van der Waals surface area contributed by atoms with E-state index in [4.69, 9.17) is 0 Å². The van der Waals surface area contributed by atoms with Gasteiger partial charge in [0.05, 0.1) is 10.6 Å². The molecule has 2 aliphatic heterocycles. The fraction of sp³-hybridized carbons (Fsp3) is 0.375. The summed E-state index contributed by atoms with van der Waals surface area (Å²) in [6.07, 6.45) is 3.38. The Morgan fingerprint density at radius 2 is 1.76 bits per heavy atom. The molecule has 3 heterocycles. The van der Waals surface area contributed by atoms with Gasteiger partial charge >= 0.3 is 0 Å². The zero-order valence-corrected chi connectivity index (χ0v) is 20.7. The monoisotopic (exact) mass is 497 g/mol. The maximum Gasteiger partial charge on any atom is 0.243 e. The Balaban J connectivity index is 1.30. The van der Waals surface area contributed by atoms with E-state index < -0.39 is 10.0 Å². The molecule has 0 radical (unpaired) electrons. The van der Waals surface area contributed by atoms with Crippen molar-refractivity contribution in [3.8, 4) is 11.4 Å². The maximum absolute atomic E-state index is 13.1. The minimum Gasteiger partial charge on any atom is -0.311 e. The fourth-order valence-electron chi connectivity index (χ4n) is 4.55. The van der Waals surface area contributed by atoms with Gasteiger partial charge in [0.2, 0.25) is 15.9 Å². The van der Waals surface area contributed by atoms with Crippen LogP contribution in [0.15, 0.2) is 58.6 Å². The number of benzene rings is 2. The van der Waals surface area contributed by atoms with E-state index in [0.29, 0.717) is 29.7 Å². The molecule has 0 N–H and O–H groups in total. The number of fused-ring (bicyclic) bond motifs is 1. The molecule has 1 fully saturated rings. The molecule has 178 valence electrons. The third-order valence-corrected chi connectivity index (χ3v) is 9.26. The van der Waals surface area contributed by atoms with E-state index in [1.165, 1.54) is 11.8 Å². The van der Waals surface area contributed by atoms with Gasteiger partial charge in [0, 0.05) is 37.9 Å². The highest BCUT2D eigenvalue weighted by Crippen LogP contribution is 2.32. The molecule has 8 nitrogen and oxygen atoms in total. The van der Waals surface area contributed by atoms with Gasteiger partial charge in [-0.3, -0.25) is 4.79 Å². The van der Waals surface area contributed by atoms with Crippen LogP contribution < -0.4 is 4.90 Å². The summed E-state index contributed by atoms with van der Waals surface area (Å²) in [7, 11) is -1.58. The van der Waals surface area contributed by atoms with Crippen molar-refractivity contribution in [2.24, 2.45) is 7.05 Å². The number of aromatic nitrogens is 3. The minimum absolute atomic E-state index is 0.0228. The lowest BCUT2D eigenvalue weighted by molar-refractivity contribution is -0.116. The van der Waals surface area contributed by atoms with Crippen LogP contribution in [0, 0.1) is 0 Å². The number of rotatable bonds is 6. The highest BCUT2D eigenvalue weighted by atomic mass is 32.2. The van der Waals surface area contributed by atoms with E-state index in [2.05, 4.69) is 10.2 Å². The normalized spacial score (nSPS) is 16.6. The quantitative estimate of drug-likeness (QED) is 0.486. The van der Waals surface area contributed by atoms with Crippen LogP contribution in [0.5, 0.6) is 0 Å². The molecule has 1 aromatic heterocycles. The van der Waals surface area contributed by atoms with Crippen LogP contribution in [-0.4, -0.2) is 58.8 Å². The summed E-state index contributed by atoms with van der Waals surface area (Å²) in [5, 5.41) is 9.23. The van der Waals surface area contributed by atoms with Gasteiger partial charge in [-0.1, -0.05) is 42.1 Å². The average Bonchev–Trinajstić information content (AvgIpc) is 3.53. The molecule has 0 spiro atoms. The Labute approximate surface area is 204 Å². The van der Waals surface area contributed by atoms with E-state index in [9.17, 15) is 13.2 Å². The highest BCUT2D eigenvalue weighted by Gasteiger charge is 2.30. The van der Waals surface area contributed by atoms with Gasteiger partial charge in [-0.15, -0.1) is 10.2 Å². The minimum atomic E-state index is -3.47. The van der Waals surface area contributed by atoms with Crippen LogP contribution in [-0.2, 0) is 28.3 Å². The lowest BCUT2D eigenvalue weighted by atomic mass is 10.0. The zero-order chi connectivity index (χ0) is 23.7. The van der Waals surface area contributed by atoms with Crippen molar-refractivity contribution in [3.63, 3.8) is 0 Å². The first-order valence-electron chi connectivity index (χ1n) is 11.5. The molecule has 0 atom stereocenters. The lowest BCUT2D eigenvalue weighted by Crippen LogP contribution is -2.37. The molecule has 2 aromatic carbocycles. The van der Waals surface area contributed by atoms with Gasteiger partial charge < -0.3 is 9.47 Å². The first-order chi connectivity index (χ1) is 16.4. The van der Waals surface area contributed by atoms with Gasteiger partial charge in [-0.05, 0) is 49.4 Å². The van der Waals surface area contributed by atoms with E-state index in [1.807, 2.05) is 41.9 Å². The number of amides is 1. The summed E-state index contributed by atoms with van der Waals surface area (Å²) in [6.45, 7) is 1.78. The topological polar surface area (TPSA) is 88.4 Å². The van der Waals surface area contributed by atoms with E-state index in [1.54, 1.807) is 27.4 Å². The SMILES string of the molecule is Cn1c(SCC(=O)N2CCCc3cc(S(=O)(=O)N4CCCC4)ccc32)nnc1-c1ccccc1. The standard InChI is InChI=1S/C24H27N5O3S2/c1-27-23(18-8-3-2-4-9-18)25-26-24(27)33-17-22(30)29-15-7-10-19-16-20(11-12-21(19)29)34(31,32)28-13-5-6-14-28/h2-4,8-9,11-12,16H,5-7,10,13-15,17H2,1H3. The maximum atomic E-state index is 13.1. The van der Waals surface area contributed by atoms with Crippen molar-refractivity contribution in [2.45, 2.75) is 35.7 Å². The predicted octanol–water partition coefficient (Wildman–Crippen LogP) is 3.34. The largest absolute Gasteiger partial charge is 0.311 e. The second-order valence-corrected chi connectivity index (χ2v) is 11.5. The van der Waals surface area contributed by atoms with Gasteiger partial charge in [-0.2, -0.15) is 4.31 Å². The highest BCUT2D eigenvalue weighted by molar-refractivity contribution is 7.99. The fourth-order valence-corrected chi connectivity index (χ4v) is 6.91. The van der Waals surface area contributed by atoms with Gasteiger partial charge in [0.1, 0.15) is 0 Å². The van der Waals surface area contributed by atoms with Crippen LogP contribution in [0.3, 0.4) is 0 Å². The summed E-state index contributed by atoms with van der Waals surface area (Å²) >= 11 is 1.36. The third-order valence-electron chi connectivity index (χ3n) is 6.37. The molecule has 5 rings (SSSR count). The molecule has 1 amide bonds. The van der Waals surface area contributed by atoms with Crippen molar-refractivity contribution in [1.82, 2.24) is 19.1 Å². The number of hydrogen-bond donors (Lipinski definition) is 0. The molecule has 0 aliphatic carbocycles. The number of thioether (sulfide) groups is 1. The molecule has 10 heteroatoms. The summed E-state index contributed by atoms with van der Waals surface area (Å²) in [6, 6.07) is 15.0. The van der Waals surface area contributed by atoms with Crippen LogP contribution >= 0.6 is 11.8 Å². The Morgan fingerprint density at radius 3 is 2.53 bits per heavy atom. The smallest absolute Gasteiger partial charge is 0.243 e. The predicted molar refractivity (Wildman–Crippen MR) is 132 cm³/mol. The zero-order valence-electron chi connectivity index (χ0n) is 19.1. The van der Waals surface area contributed by atoms with Crippen LogP contribution in [0.1, 0.15) is 24.8 Å². The number of carbonyl (C=O) groups excluding carboxylic acids is 1. The molecule has 0 unspecified atom stereocenters. The summed E-state index contributed by atoms with van der Waals surface area (Å²) in [5.41, 5.74) is 2.69. The second-order valence-electron chi connectivity index (χ2n) is 8.57. The summed E-state index contributed by atoms with van der Waals surface area (Å²) in [4.78, 5) is 15.2. The molecule has 1 saturated heterocycles. The van der Waals surface area contributed by atoms with Crippen molar-refractivity contribution in [1.29, 1.82) is 0 Å². The first kappa shape index (κ1) is 23.1. The van der Waals surface area contributed by atoms with E-state index in [0.717, 1.165) is 48.3 Å². The van der Waals surface area contributed by atoms with E-state index in [-0.39, 0.29) is 11.7 Å². The molecular formula is C24H27N5O3S2. The van der Waals surface area contributed by atoms with Crippen molar-refractivity contribution in [3.05, 3.63) is 54.1 Å². The van der Waals surface area contributed by atoms with Gasteiger partial charge in [-0.25, -0.2) is 8.42 Å². The molecule has 0 saturated carbocycles. The van der Waals surface area contributed by atoms with Crippen LogP contribution in [0.4, 0.5) is 5.69 Å². The number of carbonyl (C=O) groups is 1. The van der Waals surface area contributed by atoms with E-state index >= 15 is 0 Å². The Bertz CT molecular complexity index is 1300. The van der Waals surface area contributed by atoms with Crippen molar-refractivity contribution < 1.29 is 13.2 Å². The number of nitrogens with zero attached hydrogens (tertiary/aromatic N) is 5. The molecular weight excluding hydrogens is 470 g/mol. The molecule has 34 heavy (non-hydrogen) atoms. The number of anilines is 1. The third kappa shape index (κ3) is 4.37. The Kier molecular flexibility index (Phi) is 6.46. The molecule has 2 aliphatic rings. The number of sulfonamides is 1. The van der Waals surface area contributed by atoms with Crippen molar-refractivity contribution in [2.75, 3.05) is 30.3 Å².